The van der Waals surface area contributed by atoms with Crippen LogP contribution in [0.1, 0.15) is 61.4 Å². The van der Waals surface area contributed by atoms with Gasteiger partial charge in [0.1, 0.15) is 12.4 Å². The molecule has 1 saturated carbocycles. The predicted octanol–water partition coefficient (Wildman–Crippen LogP) is 7.57. The van der Waals surface area contributed by atoms with Crippen LogP contribution in [0.5, 0.6) is 34.8 Å². The quantitative estimate of drug-likeness (QED) is 0.125. The molecule has 3 aromatic carbocycles. The zero-order valence-corrected chi connectivity index (χ0v) is 27.9. The summed E-state index contributed by atoms with van der Waals surface area (Å²) in [6.07, 6.45) is 2.99. The summed E-state index contributed by atoms with van der Waals surface area (Å²) in [4.78, 5) is 19.5. The Morgan fingerprint density at radius 2 is 1.62 bits per heavy atom. The third-order valence-corrected chi connectivity index (χ3v) is 8.92. The van der Waals surface area contributed by atoms with Gasteiger partial charge in [-0.05, 0) is 56.5 Å². The molecule has 1 atom stereocenters. The van der Waals surface area contributed by atoms with Crippen LogP contribution >= 0.6 is 0 Å². The van der Waals surface area contributed by atoms with Gasteiger partial charge in [-0.1, -0.05) is 61.4 Å². The fourth-order valence-corrected chi connectivity index (χ4v) is 6.26. The van der Waals surface area contributed by atoms with Crippen LogP contribution in [-0.4, -0.2) is 48.7 Å². The number of likely N-dealkylation sites (N-methyl/N-ethyl adjacent to an activating group) is 1. The van der Waals surface area contributed by atoms with Gasteiger partial charge in [0.15, 0.2) is 11.5 Å². The summed E-state index contributed by atoms with van der Waals surface area (Å²) >= 11 is 0. The Morgan fingerprint density at radius 3 is 2.28 bits per heavy atom. The molecule has 1 aromatic heterocycles. The van der Waals surface area contributed by atoms with Crippen molar-refractivity contribution in [2.45, 2.75) is 56.9 Å². The van der Waals surface area contributed by atoms with Crippen LogP contribution in [0.3, 0.4) is 0 Å². The van der Waals surface area contributed by atoms with Crippen molar-refractivity contribution >= 4 is 5.97 Å². The van der Waals surface area contributed by atoms with Crippen LogP contribution in [0.4, 0.5) is 8.78 Å². The summed E-state index contributed by atoms with van der Waals surface area (Å²) in [6.45, 7) is 1.66. The molecule has 2 fully saturated rings. The number of para-hydroxylation sites is 1. The molecule has 10 nitrogen and oxygen atoms in total. The minimum atomic E-state index is -1.65. The fraction of sp³-hybridized carbons (Fsp3) is 0.342. The number of nitrogens with one attached hydrogen (secondary N) is 1. The molecular formula is C38H38F2N4O6. The van der Waals surface area contributed by atoms with Crippen molar-refractivity contribution in [3.05, 3.63) is 101 Å². The maximum Gasteiger partial charge on any atom is 0.350 e. The van der Waals surface area contributed by atoms with E-state index in [-0.39, 0.29) is 48.4 Å². The summed E-state index contributed by atoms with van der Waals surface area (Å²) in [6, 6.07) is 22.9. The lowest BCUT2D eigenvalue weighted by Gasteiger charge is -2.31. The molecule has 0 amide bonds. The standard InChI is InChI=1S/C38H38F2N4O6/c1-44-21-20-42-34(44)27-14-8-9-15-28(27)48-35-31(39)33(50-38(37(45)46-2)18-10-3-4-11-19-38)32(40)36(43-35)49-30-22-26(23-41)16-17-29(30)47-24-25-12-6-5-7-13-25/h5-9,12-17,22,34,42H,3-4,10-11,18-21,24H2,1-2H3. The van der Waals surface area contributed by atoms with Crippen LogP contribution in [0.25, 0.3) is 0 Å². The highest BCUT2D eigenvalue weighted by Gasteiger charge is 2.44. The molecule has 1 unspecified atom stereocenters. The van der Waals surface area contributed by atoms with E-state index in [4.69, 9.17) is 23.7 Å². The molecule has 12 heteroatoms. The van der Waals surface area contributed by atoms with E-state index in [0.717, 1.165) is 31.5 Å². The van der Waals surface area contributed by atoms with Crippen molar-refractivity contribution in [3.63, 3.8) is 0 Å². The summed E-state index contributed by atoms with van der Waals surface area (Å²) < 4.78 is 62.5. The third-order valence-electron chi connectivity index (χ3n) is 8.92. The smallest absolute Gasteiger partial charge is 0.350 e. The molecule has 6 rings (SSSR count). The van der Waals surface area contributed by atoms with E-state index in [9.17, 15) is 10.1 Å². The number of pyridine rings is 1. The van der Waals surface area contributed by atoms with E-state index in [0.29, 0.717) is 18.4 Å². The summed E-state index contributed by atoms with van der Waals surface area (Å²) in [7, 11) is 3.16. The van der Waals surface area contributed by atoms with Crippen LogP contribution in [0.15, 0.2) is 72.8 Å². The van der Waals surface area contributed by atoms with E-state index in [1.165, 1.54) is 25.3 Å². The van der Waals surface area contributed by atoms with Gasteiger partial charge in [-0.2, -0.15) is 19.0 Å². The molecule has 1 saturated heterocycles. The van der Waals surface area contributed by atoms with Gasteiger partial charge in [0.05, 0.1) is 24.9 Å². The molecule has 0 radical (unpaired) electrons. The number of ether oxygens (including phenoxy) is 5. The normalized spacial score (nSPS) is 17.3. The van der Waals surface area contributed by atoms with E-state index >= 15 is 8.78 Å². The monoisotopic (exact) mass is 684 g/mol. The average molecular weight is 685 g/mol. The molecule has 4 aromatic rings. The van der Waals surface area contributed by atoms with Crippen LogP contribution in [-0.2, 0) is 16.1 Å². The molecule has 1 aliphatic carbocycles. The molecule has 0 spiro atoms. The van der Waals surface area contributed by atoms with Crippen molar-refractivity contribution in [2.24, 2.45) is 0 Å². The van der Waals surface area contributed by atoms with Gasteiger partial charge in [-0.15, -0.1) is 0 Å². The third kappa shape index (κ3) is 7.49. The Hall–Kier alpha value is -5.25. The SMILES string of the molecule is COC(=O)C1(Oc2c(F)c(Oc3cc(C#N)ccc3OCc3ccccc3)nc(Oc3ccccc3C3NCCN3C)c2F)CCCCCC1. The number of halogens is 2. The highest BCUT2D eigenvalue weighted by Crippen LogP contribution is 2.44. The molecule has 50 heavy (non-hydrogen) atoms. The van der Waals surface area contributed by atoms with Crippen molar-refractivity contribution < 1.29 is 37.3 Å². The maximum absolute atomic E-state index is 16.6. The second-order valence-corrected chi connectivity index (χ2v) is 12.3. The highest BCUT2D eigenvalue weighted by atomic mass is 19.1. The Balaban J connectivity index is 1.44. The van der Waals surface area contributed by atoms with Crippen molar-refractivity contribution in [3.8, 4) is 40.8 Å². The average Bonchev–Trinajstić information content (AvgIpc) is 3.42. The molecule has 2 heterocycles. The number of carbonyl (C=O) groups is 1. The number of nitrogens with zero attached hydrogens (tertiary/aromatic N) is 3. The van der Waals surface area contributed by atoms with Crippen molar-refractivity contribution in [1.82, 2.24) is 15.2 Å². The number of nitriles is 1. The lowest BCUT2D eigenvalue weighted by atomic mass is 9.94. The zero-order chi connectivity index (χ0) is 35.1. The minimum Gasteiger partial charge on any atom is -0.485 e. The Kier molecular flexibility index (Phi) is 10.7. The first kappa shape index (κ1) is 34.6. The minimum absolute atomic E-state index is 0.0517. The molecule has 260 valence electrons. The van der Waals surface area contributed by atoms with Gasteiger partial charge < -0.3 is 23.7 Å². The van der Waals surface area contributed by atoms with Gasteiger partial charge in [0.25, 0.3) is 11.8 Å². The Bertz CT molecular complexity index is 1860. The maximum atomic E-state index is 16.6. The summed E-state index contributed by atoms with van der Waals surface area (Å²) in [5, 5.41) is 13.0. The number of methoxy groups -OCH3 is 1. The van der Waals surface area contributed by atoms with Gasteiger partial charge in [-0.25, -0.2) is 4.79 Å². The van der Waals surface area contributed by atoms with Gasteiger partial charge in [0, 0.05) is 24.7 Å². The van der Waals surface area contributed by atoms with E-state index in [2.05, 4.69) is 15.2 Å². The lowest BCUT2D eigenvalue weighted by Crippen LogP contribution is -2.45. The number of hydrogen-bond donors (Lipinski definition) is 1. The predicted molar refractivity (Wildman–Crippen MR) is 179 cm³/mol. The van der Waals surface area contributed by atoms with Gasteiger partial charge >= 0.3 is 5.97 Å². The van der Waals surface area contributed by atoms with E-state index < -0.39 is 40.7 Å². The van der Waals surface area contributed by atoms with Gasteiger partial charge in [-0.3, -0.25) is 10.2 Å². The second kappa shape index (κ2) is 15.5. The fourth-order valence-electron chi connectivity index (χ4n) is 6.26. The lowest BCUT2D eigenvalue weighted by molar-refractivity contribution is -0.160. The number of benzene rings is 3. The first-order chi connectivity index (χ1) is 24.3. The molecule has 0 bridgehead atoms. The number of rotatable bonds is 11. The molecule has 1 aliphatic heterocycles. The van der Waals surface area contributed by atoms with E-state index in [1.807, 2.05) is 55.6 Å². The van der Waals surface area contributed by atoms with Crippen molar-refractivity contribution in [1.29, 1.82) is 5.26 Å². The number of esters is 1. The highest BCUT2D eigenvalue weighted by molar-refractivity contribution is 5.80. The zero-order valence-electron chi connectivity index (χ0n) is 27.9. The summed E-state index contributed by atoms with van der Waals surface area (Å²) in [5.41, 5.74) is 0.115. The summed E-state index contributed by atoms with van der Waals surface area (Å²) in [5.74, 6) is -5.14. The number of aromatic nitrogens is 1. The number of hydrogen-bond acceptors (Lipinski definition) is 10. The molecular weight excluding hydrogens is 646 g/mol. The van der Waals surface area contributed by atoms with Crippen molar-refractivity contribution in [2.75, 3.05) is 27.2 Å². The molecule has 2 aliphatic rings. The van der Waals surface area contributed by atoms with Crippen LogP contribution in [0, 0.1) is 23.0 Å². The van der Waals surface area contributed by atoms with Crippen LogP contribution in [0.2, 0.25) is 0 Å². The first-order valence-corrected chi connectivity index (χ1v) is 16.6. The van der Waals surface area contributed by atoms with E-state index in [1.54, 1.807) is 12.1 Å². The van der Waals surface area contributed by atoms with Gasteiger partial charge in [0.2, 0.25) is 23.0 Å². The molecule has 1 N–H and O–H groups in total. The van der Waals surface area contributed by atoms with Crippen LogP contribution < -0.4 is 24.3 Å². The Morgan fingerprint density at radius 1 is 0.940 bits per heavy atom. The topological polar surface area (TPSA) is 115 Å². The largest absolute Gasteiger partial charge is 0.485 e. The second-order valence-electron chi connectivity index (χ2n) is 12.3. The first-order valence-electron chi connectivity index (χ1n) is 16.6. The Labute approximate surface area is 289 Å². The number of carbonyl (C=O) groups excluding carboxylic acids is 1.